The van der Waals surface area contributed by atoms with E-state index in [1.165, 1.54) is 4.88 Å². The fourth-order valence-corrected chi connectivity index (χ4v) is 2.75. The summed E-state index contributed by atoms with van der Waals surface area (Å²) in [5.74, 6) is 1.69. The molecule has 5 heteroatoms. The number of anilines is 1. The maximum atomic E-state index is 6.08. The quantitative estimate of drug-likeness (QED) is 0.775. The first-order valence-electron chi connectivity index (χ1n) is 6.42. The van der Waals surface area contributed by atoms with Gasteiger partial charge in [-0.2, -0.15) is 0 Å². The third-order valence-corrected chi connectivity index (χ3v) is 3.92. The Morgan fingerprint density at radius 3 is 2.74 bits per heavy atom. The molecule has 0 N–H and O–H groups in total. The Labute approximate surface area is 123 Å². The zero-order chi connectivity index (χ0) is 13.8. The summed E-state index contributed by atoms with van der Waals surface area (Å²) >= 11 is 7.84. The summed E-state index contributed by atoms with van der Waals surface area (Å²) in [5, 5.41) is 2.61. The van der Waals surface area contributed by atoms with Gasteiger partial charge >= 0.3 is 0 Å². The van der Waals surface area contributed by atoms with Gasteiger partial charge < -0.3 is 4.90 Å². The lowest BCUT2D eigenvalue weighted by Crippen LogP contribution is -2.31. The van der Waals surface area contributed by atoms with E-state index in [0.717, 1.165) is 24.6 Å². The van der Waals surface area contributed by atoms with E-state index >= 15 is 0 Å². The highest BCUT2D eigenvalue weighted by atomic mass is 35.5. The number of hydrogen-bond acceptors (Lipinski definition) is 4. The van der Waals surface area contributed by atoms with Crippen LogP contribution in [0.1, 0.15) is 31.5 Å². The predicted octanol–water partition coefficient (Wildman–Crippen LogP) is 4.17. The molecule has 0 saturated heterocycles. The Balaban J connectivity index is 2.30. The van der Waals surface area contributed by atoms with Crippen molar-refractivity contribution in [3.8, 4) is 0 Å². The minimum Gasteiger partial charge on any atom is -0.349 e. The van der Waals surface area contributed by atoms with Gasteiger partial charge in [-0.05, 0) is 25.3 Å². The normalized spacial score (nSPS) is 11.0. The minimum absolute atomic E-state index is 0.359. The van der Waals surface area contributed by atoms with Gasteiger partial charge in [0.1, 0.15) is 16.8 Å². The van der Waals surface area contributed by atoms with Gasteiger partial charge in [0.15, 0.2) is 0 Å². The monoisotopic (exact) mass is 295 g/mol. The van der Waals surface area contributed by atoms with Crippen molar-refractivity contribution >= 4 is 28.8 Å². The first kappa shape index (κ1) is 14.3. The molecule has 0 spiro atoms. The number of thiophene rings is 1. The molecule has 0 fully saturated rings. The van der Waals surface area contributed by atoms with Crippen LogP contribution in [0.25, 0.3) is 0 Å². The fourth-order valence-electron chi connectivity index (χ4n) is 1.86. The van der Waals surface area contributed by atoms with E-state index in [9.17, 15) is 0 Å². The molecule has 2 rings (SSSR count). The lowest BCUT2D eigenvalue weighted by atomic mass is 10.3. The molecule has 19 heavy (non-hydrogen) atoms. The maximum absolute atomic E-state index is 6.08. The molecule has 102 valence electrons. The summed E-state index contributed by atoms with van der Waals surface area (Å²) in [7, 11) is 0. The van der Waals surface area contributed by atoms with E-state index in [-0.39, 0.29) is 0 Å². The molecule has 0 atom stereocenters. The molecule has 0 radical (unpaired) electrons. The molecule has 2 aromatic rings. The largest absolute Gasteiger partial charge is 0.349 e. The molecular weight excluding hydrogens is 278 g/mol. The molecule has 0 aliphatic heterocycles. The Bertz CT molecular complexity index is 525. The van der Waals surface area contributed by atoms with Crippen molar-refractivity contribution in [3.63, 3.8) is 0 Å². The third kappa shape index (κ3) is 3.67. The second-order valence-corrected chi connectivity index (χ2v) is 6.04. The standard InChI is InChI=1S/C14H18ClN3S/c1-4-13-16-12(15)8-14(17-13)18(10(2)3)9-11-6-5-7-19-11/h5-8,10H,4,9H2,1-3H3. The van der Waals surface area contributed by atoms with E-state index in [2.05, 4.69) is 46.2 Å². The molecule has 0 amide bonds. The van der Waals surface area contributed by atoms with E-state index < -0.39 is 0 Å². The van der Waals surface area contributed by atoms with Gasteiger partial charge in [-0.15, -0.1) is 11.3 Å². The van der Waals surface area contributed by atoms with Crippen molar-refractivity contribution in [3.05, 3.63) is 39.4 Å². The number of hydrogen-bond donors (Lipinski definition) is 0. The summed E-state index contributed by atoms with van der Waals surface area (Å²) in [6.45, 7) is 7.21. The van der Waals surface area contributed by atoms with E-state index in [0.29, 0.717) is 11.2 Å². The highest BCUT2D eigenvalue weighted by Crippen LogP contribution is 2.22. The van der Waals surface area contributed by atoms with Gasteiger partial charge in [0.25, 0.3) is 0 Å². The van der Waals surface area contributed by atoms with Crippen LogP contribution >= 0.6 is 22.9 Å². The first-order valence-corrected chi connectivity index (χ1v) is 7.68. The number of rotatable bonds is 5. The summed E-state index contributed by atoms with van der Waals surface area (Å²) in [6.07, 6.45) is 0.790. The molecule has 2 heterocycles. The van der Waals surface area contributed by atoms with Crippen LogP contribution in [0.2, 0.25) is 5.15 Å². The molecule has 0 aliphatic rings. The summed E-state index contributed by atoms with van der Waals surface area (Å²) < 4.78 is 0. The lowest BCUT2D eigenvalue weighted by Gasteiger charge is -2.27. The molecule has 0 bridgehead atoms. The average molecular weight is 296 g/mol. The summed E-state index contributed by atoms with van der Waals surface area (Å²) in [4.78, 5) is 12.4. The topological polar surface area (TPSA) is 29.0 Å². The minimum atomic E-state index is 0.359. The SMILES string of the molecule is CCc1nc(Cl)cc(N(Cc2cccs2)C(C)C)n1. The number of halogens is 1. The van der Waals surface area contributed by atoms with Crippen LogP contribution in [0, 0.1) is 0 Å². The van der Waals surface area contributed by atoms with Gasteiger partial charge in [-0.3, -0.25) is 0 Å². The van der Waals surface area contributed by atoms with Crippen molar-refractivity contribution in [2.24, 2.45) is 0 Å². The van der Waals surface area contributed by atoms with Gasteiger partial charge in [0.2, 0.25) is 0 Å². The Kier molecular flexibility index (Phi) is 4.77. The van der Waals surface area contributed by atoms with E-state index in [4.69, 9.17) is 11.6 Å². The van der Waals surface area contributed by atoms with E-state index in [1.54, 1.807) is 11.3 Å². The van der Waals surface area contributed by atoms with Gasteiger partial charge in [-0.1, -0.05) is 24.6 Å². The molecule has 0 saturated carbocycles. The Morgan fingerprint density at radius 2 is 2.16 bits per heavy atom. The zero-order valence-electron chi connectivity index (χ0n) is 11.4. The summed E-state index contributed by atoms with van der Waals surface area (Å²) in [5.41, 5.74) is 0. The van der Waals surface area contributed by atoms with Crippen LogP contribution in [0.5, 0.6) is 0 Å². The molecule has 3 nitrogen and oxygen atoms in total. The molecule has 0 aromatic carbocycles. The summed E-state index contributed by atoms with van der Waals surface area (Å²) in [6, 6.07) is 6.42. The Hall–Kier alpha value is -1.13. The van der Waals surface area contributed by atoms with Crippen LogP contribution in [-0.4, -0.2) is 16.0 Å². The zero-order valence-corrected chi connectivity index (χ0v) is 13.0. The predicted molar refractivity (Wildman–Crippen MR) is 82.1 cm³/mol. The number of nitrogens with zero attached hydrogens (tertiary/aromatic N) is 3. The van der Waals surface area contributed by atoms with Crippen molar-refractivity contribution in [2.75, 3.05) is 4.90 Å². The average Bonchev–Trinajstić information content (AvgIpc) is 2.87. The molecule has 0 aliphatic carbocycles. The van der Waals surface area contributed by atoms with Crippen LogP contribution in [0.3, 0.4) is 0 Å². The third-order valence-electron chi connectivity index (χ3n) is 2.87. The van der Waals surface area contributed by atoms with Crippen LogP contribution < -0.4 is 4.90 Å². The van der Waals surface area contributed by atoms with Crippen molar-refractivity contribution in [1.29, 1.82) is 0 Å². The van der Waals surface area contributed by atoms with E-state index in [1.807, 2.05) is 13.0 Å². The number of aromatic nitrogens is 2. The second kappa shape index (κ2) is 6.35. The van der Waals surface area contributed by atoms with Gasteiger partial charge in [0, 0.05) is 23.4 Å². The molecular formula is C14H18ClN3S. The fraction of sp³-hybridized carbons (Fsp3) is 0.429. The van der Waals surface area contributed by atoms with Gasteiger partial charge in [-0.25, -0.2) is 9.97 Å². The maximum Gasteiger partial charge on any atom is 0.134 e. The first-order chi connectivity index (χ1) is 9.10. The molecule has 2 aromatic heterocycles. The molecule has 0 unspecified atom stereocenters. The smallest absolute Gasteiger partial charge is 0.134 e. The second-order valence-electron chi connectivity index (χ2n) is 4.62. The number of aryl methyl sites for hydroxylation is 1. The van der Waals surface area contributed by atoms with Crippen LogP contribution in [0.15, 0.2) is 23.6 Å². The van der Waals surface area contributed by atoms with Crippen LogP contribution in [0.4, 0.5) is 5.82 Å². The lowest BCUT2D eigenvalue weighted by molar-refractivity contribution is 0.672. The van der Waals surface area contributed by atoms with Crippen molar-refractivity contribution in [2.45, 2.75) is 39.8 Å². The van der Waals surface area contributed by atoms with Gasteiger partial charge in [0.05, 0.1) is 6.54 Å². The highest BCUT2D eigenvalue weighted by Gasteiger charge is 2.15. The highest BCUT2D eigenvalue weighted by molar-refractivity contribution is 7.09. The Morgan fingerprint density at radius 1 is 1.37 bits per heavy atom. The van der Waals surface area contributed by atoms with Crippen LogP contribution in [-0.2, 0) is 13.0 Å². The van der Waals surface area contributed by atoms with Crippen molar-refractivity contribution in [1.82, 2.24) is 9.97 Å². The van der Waals surface area contributed by atoms with Crippen molar-refractivity contribution < 1.29 is 0 Å².